The van der Waals surface area contributed by atoms with Gasteiger partial charge in [-0.15, -0.1) is 0 Å². The van der Waals surface area contributed by atoms with E-state index in [2.05, 4.69) is 30.4 Å². The first-order valence-corrected chi connectivity index (χ1v) is 9.41. The molecule has 3 aromatic heterocycles. The van der Waals surface area contributed by atoms with Gasteiger partial charge in [-0.05, 0) is 25.5 Å². The molecule has 1 unspecified atom stereocenters. The first-order chi connectivity index (χ1) is 14.0. The molecule has 0 saturated carbocycles. The lowest BCUT2D eigenvalue weighted by Gasteiger charge is -2.22. The molecule has 29 heavy (non-hydrogen) atoms. The summed E-state index contributed by atoms with van der Waals surface area (Å²) in [7, 11) is 1.65. The van der Waals surface area contributed by atoms with Crippen molar-refractivity contribution in [1.29, 1.82) is 0 Å². The van der Waals surface area contributed by atoms with Crippen molar-refractivity contribution in [2.45, 2.75) is 26.6 Å². The lowest BCUT2D eigenvalue weighted by atomic mass is 9.95. The van der Waals surface area contributed by atoms with Gasteiger partial charge in [0.1, 0.15) is 17.6 Å². The number of nitrogens with zero attached hydrogens (tertiary/aromatic N) is 5. The maximum absolute atomic E-state index is 6.58. The molecule has 0 fully saturated rings. The van der Waals surface area contributed by atoms with E-state index in [0.717, 1.165) is 28.0 Å². The molecule has 4 aromatic rings. The third-order valence-corrected chi connectivity index (χ3v) is 5.25. The maximum atomic E-state index is 6.58. The second-order valence-corrected chi connectivity index (χ2v) is 7.03. The number of benzene rings is 1. The molecule has 1 atom stereocenters. The molecule has 0 spiro atoms. The molecule has 0 aliphatic carbocycles. The van der Waals surface area contributed by atoms with Crippen LogP contribution < -0.4 is 15.8 Å². The number of aromatic nitrogens is 6. The van der Waals surface area contributed by atoms with E-state index in [0.29, 0.717) is 28.7 Å². The smallest absolute Gasteiger partial charge is 0.162 e. The number of nitrogens with two attached hydrogens (primary N) is 1. The second-order valence-electron chi connectivity index (χ2n) is 6.62. The predicted molar refractivity (Wildman–Crippen MR) is 112 cm³/mol. The number of halogens is 1. The van der Waals surface area contributed by atoms with E-state index in [1.54, 1.807) is 24.3 Å². The molecule has 0 aliphatic heterocycles. The first-order valence-electron chi connectivity index (χ1n) is 9.04. The lowest BCUT2D eigenvalue weighted by Crippen LogP contribution is -2.11. The lowest BCUT2D eigenvalue weighted by molar-refractivity contribution is 0.409. The summed E-state index contributed by atoms with van der Waals surface area (Å²) in [5, 5.41) is 8.30. The highest BCUT2D eigenvalue weighted by molar-refractivity contribution is 6.32. The zero-order chi connectivity index (χ0) is 20.5. The number of hydrogen-bond donors (Lipinski definition) is 3. The standard InChI is InChI=1S/C19H21ClN8O/c1-10-14(20)4-13(17(29-3)15(10)12-5-26-28(6-12)7-21)11(2)27-19-16-18(23-8-22-16)24-9-25-19/h4-6,8-9,11H,7,21H2,1-3H3,(H2,22,23,24,25,27). The SMILES string of the molecule is COc1c(C(C)Nc2ncnc3[nH]cnc23)cc(Cl)c(C)c1-c1cnn(CN)c1. The van der Waals surface area contributed by atoms with Crippen molar-refractivity contribution in [3.8, 4) is 16.9 Å². The summed E-state index contributed by atoms with van der Waals surface area (Å²) in [6.07, 6.45) is 6.71. The number of methoxy groups -OCH3 is 1. The number of fused-ring (bicyclic) bond motifs is 1. The molecule has 3 heterocycles. The van der Waals surface area contributed by atoms with Crippen molar-refractivity contribution in [2.75, 3.05) is 12.4 Å². The van der Waals surface area contributed by atoms with Gasteiger partial charge in [0.15, 0.2) is 11.5 Å². The molecule has 0 aliphatic rings. The largest absolute Gasteiger partial charge is 0.496 e. The Labute approximate surface area is 172 Å². The van der Waals surface area contributed by atoms with Crippen molar-refractivity contribution >= 4 is 28.6 Å². The fourth-order valence-electron chi connectivity index (χ4n) is 3.38. The Bertz CT molecular complexity index is 1170. The van der Waals surface area contributed by atoms with Crippen LogP contribution in [0.2, 0.25) is 5.02 Å². The van der Waals surface area contributed by atoms with Gasteiger partial charge in [-0.3, -0.25) is 4.68 Å². The Morgan fingerprint density at radius 3 is 2.90 bits per heavy atom. The summed E-state index contributed by atoms with van der Waals surface area (Å²) in [5.41, 5.74) is 10.6. The van der Waals surface area contributed by atoms with Crippen LogP contribution in [-0.4, -0.2) is 36.8 Å². The van der Waals surface area contributed by atoms with Crippen LogP contribution in [0.15, 0.2) is 31.1 Å². The van der Waals surface area contributed by atoms with Gasteiger partial charge in [0.05, 0.1) is 32.3 Å². The van der Waals surface area contributed by atoms with Gasteiger partial charge in [0.25, 0.3) is 0 Å². The minimum absolute atomic E-state index is 0.166. The van der Waals surface area contributed by atoms with E-state index in [1.165, 1.54) is 6.33 Å². The van der Waals surface area contributed by atoms with E-state index < -0.39 is 0 Å². The third-order valence-electron chi connectivity index (χ3n) is 4.85. The molecule has 9 nitrogen and oxygen atoms in total. The van der Waals surface area contributed by atoms with E-state index in [9.17, 15) is 0 Å². The van der Waals surface area contributed by atoms with E-state index >= 15 is 0 Å². The van der Waals surface area contributed by atoms with Crippen molar-refractivity contribution in [1.82, 2.24) is 29.7 Å². The van der Waals surface area contributed by atoms with Gasteiger partial charge < -0.3 is 20.8 Å². The summed E-state index contributed by atoms with van der Waals surface area (Å²) in [6, 6.07) is 1.74. The number of ether oxygens (including phenoxy) is 1. The Hall–Kier alpha value is -3.17. The van der Waals surface area contributed by atoms with Crippen LogP contribution in [0.25, 0.3) is 22.3 Å². The number of rotatable bonds is 6. The van der Waals surface area contributed by atoms with E-state index in [-0.39, 0.29) is 6.04 Å². The fraction of sp³-hybridized carbons (Fsp3) is 0.263. The molecule has 4 N–H and O–H groups in total. The molecule has 0 saturated heterocycles. The number of H-pyrrole nitrogens is 1. The highest BCUT2D eigenvalue weighted by Gasteiger charge is 2.22. The van der Waals surface area contributed by atoms with Crippen LogP contribution in [0, 0.1) is 6.92 Å². The predicted octanol–water partition coefficient (Wildman–Crippen LogP) is 3.28. The summed E-state index contributed by atoms with van der Waals surface area (Å²) >= 11 is 6.58. The maximum Gasteiger partial charge on any atom is 0.162 e. The van der Waals surface area contributed by atoms with Crippen molar-refractivity contribution in [2.24, 2.45) is 5.73 Å². The molecular formula is C19H21ClN8O. The average molecular weight is 413 g/mol. The van der Waals surface area contributed by atoms with Crippen LogP contribution >= 0.6 is 11.6 Å². The minimum atomic E-state index is -0.166. The molecule has 0 bridgehead atoms. The topological polar surface area (TPSA) is 120 Å². The first kappa shape index (κ1) is 19.2. The van der Waals surface area contributed by atoms with E-state index in [4.69, 9.17) is 22.1 Å². The second kappa shape index (κ2) is 7.69. The van der Waals surface area contributed by atoms with Gasteiger partial charge in [0.2, 0.25) is 0 Å². The molecule has 150 valence electrons. The number of nitrogens with one attached hydrogen (secondary N) is 2. The van der Waals surface area contributed by atoms with Gasteiger partial charge in [-0.25, -0.2) is 15.0 Å². The molecule has 0 amide bonds. The van der Waals surface area contributed by atoms with Crippen LogP contribution in [0.5, 0.6) is 5.75 Å². The third kappa shape index (κ3) is 3.39. The average Bonchev–Trinajstić information content (AvgIpc) is 3.39. The summed E-state index contributed by atoms with van der Waals surface area (Å²) < 4.78 is 7.48. The van der Waals surface area contributed by atoms with E-state index in [1.807, 2.05) is 26.1 Å². The molecular weight excluding hydrogens is 392 g/mol. The Kier molecular flexibility index (Phi) is 5.08. The molecule has 10 heteroatoms. The van der Waals surface area contributed by atoms with Crippen molar-refractivity contribution < 1.29 is 4.74 Å². The van der Waals surface area contributed by atoms with Crippen molar-refractivity contribution in [3.05, 3.63) is 47.3 Å². The minimum Gasteiger partial charge on any atom is -0.496 e. The Morgan fingerprint density at radius 1 is 1.34 bits per heavy atom. The summed E-state index contributed by atoms with van der Waals surface area (Å²) in [5.74, 6) is 1.34. The van der Waals surface area contributed by atoms with Crippen LogP contribution in [0.4, 0.5) is 5.82 Å². The molecule has 0 radical (unpaired) electrons. The fourth-order valence-corrected chi connectivity index (χ4v) is 3.59. The van der Waals surface area contributed by atoms with Gasteiger partial charge >= 0.3 is 0 Å². The quantitative estimate of drug-likeness (QED) is 0.444. The van der Waals surface area contributed by atoms with Gasteiger partial charge in [-0.2, -0.15) is 5.10 Å². The van der Waals surface area contributed by atoms with Crippen molar-refractivity contribution in [3.63, 3.8) is 0 Å². The number of anilines is 1. The number of imidazole rings is 1. The number of aromatic amines is 1. The number of hydrogen-bond acceptors (Lipinski definition) is 7. The Balaban J connectivity index is 1.79. The monoisotopic (exact) mass is 412 g/mol. The summed E-state index contributed by atoms with van der Waals surface area (Å²) in [4.78, 5) is 15.8. The zero-order valence-corrected chi connectivity index (χ0v) is 17.0. The molecule has 4 rings (SSSR count). The normalized spacial score (nSPS) is 12.3. The van der Waals surface area contributed by atoms with Gasteiger partial charge in [-0.1, -0.05) is 11.6 Å². The summed E-state index contributed by atoms with van der Waals surface area (Å²) in [6.45, 7) is 4.26. The van der Waals surface area contributed by atoms with Crippen LogP contribution in [0.1, 0.15) is 24.1 Å². The molecule has 1 aromatic carbocycles. The van der Waals surface area contributed by atoms with Crippen LogP contribution in [-0.2, 0) is 6.67 Å². The zero-order valence-electron chi connectivity index (χ0n) is 16.3. The van der Waals surface area contributed by atoms with Gasteiger partial charge in [0, 0.05) is 27.9 Å². The highest BCUT2D eigenvalue weighted by atomic mass is 35.5. The Morgan fingerprint density at radius 2 is 2.17 bits per heavy atom. The van der Waals surface area contributed by atoms with Crippen LogP contribution in [0.3, 0.4) is 0 Å². The highest BCUT2D eigenvalue weighted by Crippen LogP contribution is 2.42.